The highest BCUT2D eigenvalue weighted by Gasteiger charge is 2.31. The molecule has 0 radical (unpaired) electrons. The summed E-state index contributed by atoms with van der Waals surface area (Å²) >= 11 is 6.23. The Morgan fingerprint density at radius 3 is 3.00 bits per heavy atom. The van der Waals surface area contributed by atoms with Crippen molar-refractivity contribution in [3.63, 3.8) is 0 Å². The molecule has 0 saturated heterocycles. The molecule has 4 heteroatoms. The number of anilines is 1. The second-order valence-electron chi connectivity index (χ2n) is 4.59. The van der Waals surface area contributed by atoms with E-state index >= 15 is 0 Å². The van der Waals surface area contributed by atoms with Gasteiger partial charge in [0.1, 0.15) is 5.82 Å². The van der Waals surface area contributed by atoms with Gasteiger partial charge >= 0.3 is 0 Å². The summed E-state index contributed by atoms with van der Waals surface area (Å²) in [5.74, 6) is 1.48. The predicted octanol–water partition coefficient (Wildman–Crippen LogP) is 2.69. The highest BCUT2D eigenvalue weighted by molar-refractivity contribution is 6.32. The molecule has 0 aliphatic heterocycles. The summed E-state index contributed by atoms with van der Waals surface area (Å²) in [6.07, 6.45) is 5.48. The van der Waals surface area contributed by atoms with Gasteiger partial charge in [0.05, 0.1) is 5.02 Å². The van der Waals surface area contributed by atoms with Crippen LogP contribution in [0.4, 0.5) is 5.82 Å². The minimum atomic E-state index is 0.498. The third kappa shape index (κ3) is 2.55. The monoisotopic (exact) mass is 253 g/mol. The summed E-state index contributed by atoms with van der Waals surface area (Å²) in [4.78, 5) is 6.73. The summed E-state index contributed by atoms with van der Waals surface area (Å²) in [6, 6.07) is 4.27. The van der Waals surface area contributed by atoms with E-state index in [1.165, 1.54) is 19.3 Å². The molecule has 2 N–H and O–H groups in total. The molecule has 1 saturated carbocycles. The van der Waals surface area contributed by atoms with Gasteiger partial charge in [0.2, 0.25) is 0 Å². The molecule has 1 fully saturated rings. The van der Waals surface area contributed by atoms with Gasteiger partial charge in [-0.2, -0.15) is 0 Å². The van der Waals surface area contributed by atoms with Gasteiger partial charge in [-0.1, -0.05) is 18.0 Å². The van der Waals surface area contributed by atoms with Gasteiger partial charge in [-0.25, -0.2) is 4.98 Å². The Balaban J connectivity index is 2.24. The van der Waals surface area contributed by atoms with Crippen LogP contribution in [0.25, 0.3) is 0 Å². The van der Waals surface area contributed by atoms with Crippen LogP contribution in [0.2, 0.25) is 5.02 Å². The molecule has 1 aromatic heterocycles. The Morgan fingerprint density at radius 2 is 2.35 bits per heavy atom. The van der Waals surface area contributed by atoms with Crippen molar-refractivity contribution in [1.29, 1.82) is 0 Å². The van der Waals surface area contributed by atoms with Crippen LogP contribution >= 0.6 is 11.6 Å². The zero-order valence-corrected chi connectivity index (χ0v) is 11.0. The summed E-state index contributed by atoms with van der Waals surface area (Å²) in [6.45, 7) is 3.83. The molecule has 0 aromatic carbocycles. The van der Waals surface area contributed by atoms with Crippen LogP contribution in [-0.4, -0.2) is 24.1 Å². The van der Waals surface area contributed by atoms with Crippen molar-refractivity contribution in [2.24, 2.45) is 11.7 Å². The van der Waals surface area contributed by atoms with E-state index in [1.807, 2.05) is 12.1 Å². The molecule has 17 heavy (non-hydrogen) atoms. The summed E-state index contributed by atoms with van der Waals surface area (Å²) in [5, 5.41) is 0.733. The topological polar surface area (TPSA) is 42.2 Å². The van der Waals surface area contributed by atoms with E-state index < -0.39 is 0 Å². The summed E-state index contributed by atoms with van der Waals surface area (Å²) < 4.78 is 0. The number of rotatable bonds is 4. The number of hydrogen-bond donors (Lipinski definition) is 1. The van der Waals surface area contributed by atoms with Crippen LogP contribution in [0, 0.1) is 5.92 Å². The lowest BCUT2D eigenvalue weighted by Crippen LogP contribution is -2.41. The van der Waals surface area contributed by atoms with Gasteiger partial charge in [-0.3, -0.25) is 0 Å². The maximum Gasteiger partial charge on any atom is 0.147 e. The molecule has 0 amide bonds. The van der Waals surface area contributed by atoms with E-state index in [4.69, 9.17) is 17.3 Å². The first-order valence-corrected chi connectivity index (χ1v) is 6.73. The van der Waals surface area contributed by atoms with Crippen molar-refractivity contribution < 1.29 is 0 Å². The molecule has 1 aliphatic carbocycles. The van der Waals surface area contributed by atoms with E-state index in [1.54, 1.807) is 6.20 Å². The third-order valence-electron chi connectivity index (χ3n) is 3.67. The van der Waals surface area contributed by atoms with Crippen LogP contribution in [0.5, 0.6) is 0 Å². The van der Waals surface area contributed by atoms with Crippen molar-refractivity contribution in [2.45, 2.75) is 32.2 Å². The van der Waals surface area contributed by atoms with E-state index in [-0.39, 0.29) is 0 Å². The van der Waals surface area contributed by atoms with Crippen molar-refractivity contribution >= 4 is 17.4 Å². The molecule has 1 aromatic rings. The van der Waals surface area contributed by atoms with Crippen LogP contribution < -0.4 is 10.6 Å². The molecule has 1 aliphatic rings. The molecule has 1 heterocycles. The minimum Gasteiger partial charge on any atom is -0.352 e. The molecule has 94 valence electrons. The van der Waals surface area contributed by atoms with Crippen LogP contribution in [0.1, 0.15) is 26.2 Å². The van der Waals surface area contributed by atoms with Crippen molar-refractivity contribution in [1.82, 2.24) is 4.98 Å². The maximum atomic E-state index is 6.23. The minimum absolute atomic E-state index is 0.498. The third-order valence-corrected chi connectivity index (χ3v) is 3.97. The predicted molar refractivity (Wildman–Crippen MR) is 72.5 cm³/mol. The fraction of sp³-hybridized carbons (Fsp3) is 0.615. The molecule has 0 spiro atoms. The van der Waals surface area contributed by atoms with E-state index in [0.29, 0.717) is 12.0 Å². The number of hydrogen-bond acceptors (Lipinski definition) is 3. The van der Waals surface area contributed by atoms with Crippen LogP contribution in [-0.2, 0) is 0 Å². The van der Waals surface area contributed by atoms with E-state index in [0.717, 1.165) is 23.9 Å². The Kier molecular flexibility index (Phi) is 4.24. The van der Waals surface area contributed by atoms with Gasteiger partial charge in [0.15, 0.2) is 0 Å². The van der Waals surface area contributed by atoms with Crippen molar-refractivity contribution in [3.8, 4) is 0 Å². The second-order valence-corrected chi connectivity index (χ2v) is 5.00. The standard InChI is InChI=1S/C13H20ClN3/c1-2-17(12-7-3-5-10(12)9-15)13-11(14)6-4-8-16-13/h4,6,8,10,12H,2-3,5,7,9,15H2,1H3. The number of halogens is 1. The second kappa shape index (κ2) is 5.69. The SMILES string of the molecule is CCN(c1ncccc1Cl)C1CCCC1CN. The quantitative estimate of drug-likeness (QED) is 0.897. The van der Waals surface area contributed by atoms with Gasteiger partial charge in [-0.05, 0) is 44.4 Å². The Labute approximate surface area is 108 Å². The number of pyridine rings is 1. The van der Waals surface area contributed by atoms with Gasteiger partial charge in [-0.15, -0.1) is 0 Å². The smallest absolute Gasteiger partial charge is 0.147 e. The van der Waals surface area contributed by atoms with Crippen molar-refractivity contribution in [3.05, 3.63) is 23.4 Å². The lowest BCUT2D eigenvalue weighted by molar-refractivity contribution is 0.459. The maximum absolute atomic E-state index is 6.23. The Morgan fingerprint density at radius 1 is 1.53 bits per heavy atom. The normalized spacial score (nSPS) is 23.9. The molecule has 2 unspecified atom stereocenters. The molecular weight excluding hydrogens is 234 g/mol. The molecule has 0 bridgehead atoms. The van der Waals surface area contributed by atoms with Gasteiger partial charge in [0.25, 0.3) is 0 Å². The number of nitrogens with two attached hydrogens (primary N) is 1. The largest absolute Gasteiger partial charge is 0.352 e. The number of aromatic nitrogens is 1. The fourth-order valence-electron chi connectivity index (χ4n) is 2.83. The first kappa shape index (κ1) is 12.7. The zero-order valence-electron chi connectivity index (χ0n) is 10.3. The first-order valence-electron chi connectivity index (χ1n) is 6.35. The van der Waals surface area contributed by atoms with E-state index in [2.05, 4.69) is 16.8 Å². The van der Waals surface area contributed by atoms with Gasteiger partial charge < -0.3 is 10.6 Å². The lowest BCUT2D eigenvalue weighted by atomic mass is 10.0. The summed E-state index contributed by atoms with van der Waals surface area (Å²) in [7, 11) is 0. The lowest BCUT2D eigenvalue weighted by Gasteiger charge is -2.33. The fourth-order valence-corrected chi connectivity index (χ4v) is 3.06. The van der Waals surface area contributed by atoms with Crippen LogP contribution in [0.3, 0.4) is 0 Å². The Hall–Kier alpha value is -0.800. The average Bonchev–Trinajstić information content (AvgIpc) is 2.81. The van der Waals surface area contributed by atoms with Crippen LogP contribution in [0.15, 0.2) is 18.3 Å². The van der Waals surface area contributed by atoms with Gasteiger partial charge in [0, 0.05) is 18.8 Å². The highest BCUT2D eigenvalue weighted by atomic mass is 35.5. The van der Waals surface area contributed by atoms with E-state index in [9.17, 15) is 0 Å². The zero-order chi connectivity index (χ0) is 12.3. The first-order chi connectivity index (χ1) is 8.27. The molecule has 2 atom stereocenters. The van der Waals surface area contributed by atoms with Crippen molar-refractivity contribution in [2.75, 3.05) is 18.0 Å². The average molecular weight is 254 g/mol. The Bertz CT molecular complexity index is 369. The number of nitrogens with zero attached hydrogens (tertiary/aromatic N) is 2. The summed E-state index contributed by atoms with van der Waals surface area (Å²) in [5.41, 5.74) is 5.85. The molecule has 2 rings (SSSR count). The molecular formula is C13H20ClN3. The molecule has 3 nitrogen and oxygen atoms in total. The highest BCUT2D eigenvalue weighted by Crippen LogP contribution is 2.34.